The van der Waals surface area contributed by atoms with Crippen molar-refractivity contribution < 1.29 is 24.0 Å². The Kier molecular flexibility index (Phi) is 9.17. The number of aryl methyl sites for hydroxylation is 1. The normalized spacial score (nSPS) is 11.9. The second-order valence-corrected chi connectivity index (χ2v) is 7.17. The molecule has 8 nitrogen and oxygen atoms in total. The van der Waals surface area contributed by atoms with E-state index in [9.17, 15) is 14.4 Å². The Morgan fingerprint density at radius 3 is 2.32 bits per heavy atom. The van der Waals surface area contributed by atoms with Crippen LogP contribution in [-0.4, -0.2) is 36.5 Å². The molecule has 0 aliphatic rings. The average molecular weight is 391 g/mol. The predicted molar refractivity (Wildman–Crippen MR) is 105 cm³/mol. The average Bonchev–Trinajstić information content (AvgIpc) is 2.64. The molecule has 0 fully saturated rings. The van der Waals surface area contributed by atoms with Crippen molar-refractivity contribution in [2.45, 2.75) is 51.7 Å². The lowest BCUT2D eigenvalue weighted by Crippen LogP contribution is -2.49. The fraction of sp³-hybridized carbons (Fsp3) is 0.450. The maximum absolute atomic E-state index is 12.4. The number of hydrogen-bond donors (Lipinski definition) is 3. The summed E-state index contributed by atoms with van der Waals surface area (Å²) >= 11 is 0. The molecule has 1 atom stereocenters. The summed E-state index contributed by atoms with van der Waals surface area (Å²) in [5.74, 6) is -1.48. The summed E-state index contributed by atoms with van der Waals surface area (Å²) in [6.07, 6.45) is 0.403. The maximum atomic E-state index is 12.4. The van der Waals surface area contributed by atoms with E-state index in [0.29, 0.717) is 6.42 Å². The minimum atomic E-state index is -1.10. The predicted octanol–water partition coefficient (Wildman–Crippen LogP) is 1.57. The standard InChI is InChI=1S/C20H29N3O5/c1-14(27-5)21-19(26)16(13-18(25)23-28-20(2,3)4)22-17(24)12-11-15-9-7-6-8-10-15/h6-10,16H,1,11-13H2,2-5H3,(H,21,26)(H,22,24)(H,23,25)/t16-/m0/s1. The molecule has 0 saturated heterocycles. The van der Waals surface area contributed by atoms with Gasteiger partial charge in [0.1, 0.15) is 6.04 Å². The van der Waals surface area contributed by atoms with E-state index in [4.69, 9.17) is 9.57 Å². The number of carbonyl (C=O) groups excluding carboxylic acids is 3. The van der Waals surface area contributed by atoms with Crippen LogP contribution in [0.5, 0.6) is 0 Å². The van der Waals surface area contributed by atoms with Crippen LogP contribution in [0.25, 0.3) is 0 Å². The lowest BCUT2D eigenvalue weighted by Gasteiger charge is -2.21. The van der Waals surface area contributed by atoms with Crippen molar-refractivity contribution in [1.29, 1.82) is 0 Å². The Balaban J connectivity index is 2.68. The summed E-state index contributed by atoms with van der Waals surface area (Å²) in [6.45, 7) is 8.81. The summed E-state index contributed by atoms with van der Waals surface area (Å²) in [4.78, 5) is 41.9. The van der Waals surface area contributed by atoms with Crippen molar-refractivity contribution in [3.63, 3.8) is 0 Å². The molecule has 3 N–H and O–H groups in total. The molecular weight excluding hydrogens is 362 g/mol. The van der Waals surface area contributed by atoms with Crippen molar-refractivity contribution in [1.82, 2.24) is 16.1 Å². The van der Waals surface area contributed by atoms with Crippen molar-refractivity contribution in [3.05, 3.63) is 48.4 Å². The smallest absolute Gasteiger partial charge is 0.249 e. The first-order chi connectivity index (χ1) is 13.1. The van der Waals surface area contributed by atoms with Crippen LogP contribution in [0, 0.1) is 0 Å². The Bertz CT molecular complexity index is 683. The zero-order chi connectivity index (χ0) is 21.2. The number of methoxy groups -OCH3 is 1. The molecule has 0 aliphatic heterocycles. The van der Waals surface area contributed by atoms with Crippen LogP contribution in [0.3, 0.4) is 0 Å². The topological polar surface area (TPSA) is 106 Å². The highest BCUT2D eigenvalue weighted by molar-refractivity contribution is 5.92. The van der Waals surface area contributed by atoms with Gasteiger partial charge in [-0.05, 0) is 39.3 Å². The van der Waals surface area contributed by atoms with E-state index < -0.39 is 23.5 Å². The quantitative estimate of drug-likeness (QED) is 0.415. The highest BCUT2D eigenvalue weighted by atomic mass is 16.7. The van der Waals surface area contributed by atoms with Gasteiger partial charge in [0.15, 0.2) is 5.88 Å². The SMILES string of the molecule is C=C(NC(=O)[C@H](CC(=O)NOC(C)(C)C)NC(=O)CCc1ccccc1)OC. The number of rotatable bonds is 10. The minimum absolute atomic E-state index is 0.0138. The van der Waals surface area contributed by atoms with E-state index in [0.717, 1.165) is 5.56 Å². The van der Waals surface area contributed by atoms with E-state index in [1.165, 1.54) is 7.11 Å². The molecular formula is C20H29N3O5. The molecule has 0 bridgehead atoms. The summed E-state index contributed by atoms with van der Waals surface area (Å²) in [6, 6.07) is 8.40. The van der Waals surface area contributed by atoms with E-state index >= 15 is 0 Å². The molecule has 28 heavy (non-hydrogen) atoms. The lowest BCUT2D eigenvalue weighted by molar-refractivity contribution is -0.147. The Morgan fingerprint density at radius 1 is 1.11 bits per heavy atom. The van der Waals surface area contributed by atoms with Gasteiger partial charge in [-0.2, -0.15) is 0 Å². The van der Waals surface area contributed by atoms with Crippen molar-refractivity contribution in [3.8, 4) is 0 Å². The maximum Gasteiger partial charge on any atom is 0.249 e. The summed E-state index contributed by atoms with van der Waals surface area (Å²) in [5, 5.41) is 4.98. The van der Waals surface area contributed by atoms with Gasteiger partial charge in [-0.3, -0.25) is 24.5 Å². The molecule has 0 saturated carbocycles. The molecule has 0 unspecified atom stereocenters. The molecule has 0 aromatic heterocycles. The summed E-state index contributed by atoms with van der Waals surface area (Å²) in [5.41, 5.74) is 2.70. The van der Waals surface area contributed by atoms with E-state index in [1.807, 2.05) is 30.3 Å². The Morgan fingerprint density at radius 2 is 1.75 bits per heavy atom. The zero-order valence-electron chi connectivity index (χ0n) is 16.8. The Hall–Kier alpha value is -2.87. The molecule has 8 heteroatoms. The molecule has 3 amide bonds. The monoisotopic (exact) mass is 391 g/mol. The first-order valence-electron chi connectivity index (χ1n) is 8.94. The molecule has 0 heterocycles. The Labute approximate surface area is 165 Å². The number of nitrogens with one attached hydrogen (secondary N) is 3. The van der Waals surface area contributed by atoms with Gasteiger partial charge in [0.25, 0.3) is 0 Å². The largest absolute Gasteiger partial charge is 0.483 e. The lowest BCUT2D eigenvalue weighted by atomic mass is 10.1. The number of ether oxygens (including phenoxy) is 1. The molecule has 0 spiro atoms. The van der Waals surface area contributed by atoms with Gasteiger partial charge in [-0.25, -0.2) is 5.48 Å². The van der Waals surface area contributed by atoms with Gasteiger partial charge in [-0.15, -0.1) is 0 Å². The highest BCUT2D eigenvalue weighted by Gasteiger charge is 2.25. The fourth-order valence-corrected chi connectivity index (χ4v) is 2.09. The first-order valence-corrected chi connectivity index (χ1v) is 8.94. The van der Waals surface area contributed by atoms with Gasteiger partial charge in [-0.1, -0.05) is 30.3 Å². The van der Waals surface area contributed by atoms with Crippen molar-refractivity contribution in [2.24, 2.45) is 0 Å². The van der Waals surface area contributed by atoms with Gasteiger partial charge < -0.3 is 10.1 Å². The van der Waals surface area contributed by atoms with E-state index in [1.54, 1.807) is 20.8 Å². The van der Waals surface area contributed by atoms with Crippen molar-refractivity contribution in [2.75, 3.05) is 7.11 Å². The number of hydrogen-bond acceptors (Lipinski definition) is 5. The van der Waals surface area contributed by atoms with Crippen LogP contribution in [0.1, 0.15) is 39.2 Å². The molecule has 1 aromatic carbocycles. The van der Waals surface area contributed by atoms with Crippen LogP contribution < -0.4 is 16.1 Å². The molecule has 0 radical (unpaired) electrons. The number of hydroxylamine groups is 1. The third-order valence-corrected chi connectivity index (χ3v) is 3.50. The number of benzene rings is 1. The van der Waals surface area contributed by atoms with E-state index in [-0.39, 0.29) is 24.6 Å². The van der Waals surface area contributed by atoms with Gasteiger partial charge >= 0.3 is 0 Å². The van der Waals surface area contributed by atoms with Gasteiger partial charge in [0.05, 0.1) is 19.1 Å². The third kappa shape index (κ3) is 9.72. The van der Waals surface area contributed by atoms with Crippen molar-refractivity contribution >= 4 is 17.7 Å². The van der Waals surface area contributed by atoms with E-state index in [2.05, 4.69) is 22.7 Å². The van der Waals surface area contributed by atoms with Crippen LogP contribution in [0.2, 0.25) is 0 Å². The molecule has 0 aliphatic carbocycles. The van der Waals surface area contributed by atoms with Crippen LogP contribution in [-0.2, 0) is 30.4 Å². The second kappa shape index (κ2) is 11.1. The van der Waals surface area contributed by atoms with Gasteiger partial charge in [0.2, 0.25) is 17.7 Å². The van der Waals surface area contributed by atoms with Crippen LogP contribution in [0.4, 0.5) is 0 Å². The highest BCUT2D eigenvalue weighted by Crippen LogP contribution is 2.06. The third-order valence-electron chi connectivity index (χ3n) is 3.50. The van der Waals surface area contributed by atoms with Crippen LogP contribution >= 0.6 is 0 Å². The summed E-state index contributed by atoms with van der Waals surface area (Å²) in [7, 11) is 1.35. The number of amides is 3. The summed E-state index contributed by atoms with van der Waals surface area (Å²) < 4.78 is 4.81. The molecule has 154 valence electrons. The van der Waals surface area contributed by atoms with Gasteiger partial charge in [0, 0.05) is 6.42 Å². The van der Waals surface area contributed by atoms with Crippen LogP contribution in [0.15, 0.2) is 42.8 Å². The molecule has 1 rings (SSSR count). The number of carbonyl (C=O) groups is 3. The molecule has 1 aromatic rings. The minimum Gasteiger partial charge on any atom is -0.483 e. The zero-order valence-corrected chi connectivity index (χ0v) is 16.8. The fourth-order valence-electron chi connectivity index (χ4n) is 2.09. The first kappa shape index (κ1) is 23.2. The second-order valence-electron chi connectivity index (χ2n) is 7.17.